The Balaban J connectivity index is 3.04. The van der Waals surface area contributed by atoms with Crippen molar-refractivity contribution in [3.8, 4) is 0 Å². The van der Waals surface area contributed by atoms with Gasteiger partial charge in [0.2, 0.25) is 0 Å². The van der Waals surface area contributed by atoms with E-state index in [0.717, 1.165) is 12.8 Å². The fraction of sp³-hybridized carbons (Fsp3) is 1.00. The number of hydrogen-bond donors (Lipinski definition) is 0. The third-order valence-corrected chi connectivity index (χ3v) is 5.54. The van der Waals surface area contributed by atoms with Crippen molar-refractivity contribution in [2.24, 2.45) is 0 Å². The van der Waals surface area contributed by atoms with Crippen LogP contribution in [0.25, 0.3) is 0 Å². The smallest absolute Gasteiger partial charge is 0.0845 e. The van der Waals surface area contributed by atoms with Crippen molar-refractivity contribution in [2.75, 3.05) is 146 Å². The van der Waals surface area contributed by atoms with Gasteiger partial charge in [-0.25, -0.2) is 88.0 Å². The van der Waals surface area contributed by atoms with E-state index in [2.05, 4.69) is 0 Å². The molecule has 0 rings (SSSR count). The normalized spacial score (nSPS) is 11.7. The van der Waals surface area contributed by atoms with Gasteiger partial charge in [-0.05, 0) is 12.8 Å². The van der Waals surface area contributed by atoms with E-state index >= 15 is 0 Å². The first-order valence-electron chi connectivity index (χ1n) is 18.1. The van der Waals surface area contributed by atoms with E-state index in [9.17, 15) is 0 Å². The summed E-state index contributed by atoms with van der Waals surface area (Å²) in [4.78, 5) is 90.8. The van der Waals surface area contributed by atoms with Gasteiger partial charge in [0.05, 0.1) is 119 Å². The van der Waals surface area contributed by atoms with E-state index in [-0.39, 0.29) is 0 Å². The first-order chi connectivity index (χ1) is 25.9. The summed E-state index contributed by atoms with van der Waals surface area (Å²) in [6.07, 6.45) is 6.60. The van der Waals surface area contributed by atoms with Crippen LogP contribution >= 0.6 is 0 Å². The highest BCUT2D eigenvalue weighted by Crippen LogP contribution is 1.97. The van der Waals surface area contributed by atoms with E-state index < -0.39 is 0 Å². The minimum Gasteiger partial charge on any atom is -0.385 e. The lowest BCUT2D eigenvalue weighted by atomic mass is 10.5. The van der Waals surface area contributed by atoms with Gasteiger partial charge >= 0.3 is 0 Å². The summed E-state index contributed by atoms with van der Waals surface area (Å²) in [6, 6.07) is 0. The predicted molar refractivity (Wildman–Crippen MR) is 177 cm³/mol. The van der Waals surface area contributed by atoms with Gasteiger partial charge in [-0.15, -0.1) is 0 Å². The minimum atomic E-state index is 0.372. The molecule has 0 aromatic heterocycles. The van der Waals surface area contributed by atoms with Gasteiger partial charge in [0.15, 0.2) is 0 Å². The maximum Gasteiger partial charge on any atom is 0.0845 e. The van der Waals surface area contributed by atoms with Gasteiger partial charge in [-0.1, -0.05) is 0 Å². The second-order valence-electron chi connectivity index (χ2n) is 10.3. The van der Waals surface area contributed by atoms with E-state index in [1.165, 1.54) is 0 Å². The van der Waals surface area contributed by atoms with Crippen LogP contribution in [-0.2, 0) is 97.5 Å². The zero-order valence-corrected chi connectivity index (χ0v) is 31.4. The Morgan fingerprint density at radius 2 is 0.250 bits per heavy atom. The number of ether oxygens (including phenoxy) is 2. The molecular formula is C32H66O20. The zero-order chi connectivity index (χ0) is 37.4. The van der Waals surface area contributed by atoms with Crippen LogP contribution in [0.2, 0.25) is 0 Å². The molecule has 0 heterocycles. The lowest BCUT2D eigenvalue weighted by Crippen LogP contribution is -2.08. The van der Waals surface area contributed by atoms with Crippen LogP contribution in [0.4, 0.5) is 0 Å². The first kappa shape index (κ1) is 51.2. The number of rotatable bonds is 49. The number of methoxy groups -OCH3 is 2. The van der Waals surface area contributed by atoms with Gasteiger partial charge in [0, 0.05) is 78.8 Å². The molecule has 20 nitrogen and oxygen atoms in total. The summed E-state index contributed by atoms with van der Waals surface area (Å²) in [5, 5.41) is 0. The molecule has 20 heteroatoms. The number of hydrogen-bond acceptors (Lipinski definition) is 20. The second kappa shape index (κ2) is 50.2. The van der Waals surface area contributed by atoms with Crippen molar-refractivity contribution in [2.45, 2.75) is 64.2 Å². The molecule has 0 atom stereocenters. The van der Waals surface area contributed by atoms with Crippen molar-refractivity contribution < 1.29 is 97.5 Å². The van der Waals surface area contributed by atoms with Gasteiger partial charge in [-0.3, -0.25) is 0 Å². The van der Waals surface area contributed by atoms with Crippen LogP contribution in [0.15, 0.2) is 0 Å². The molecule has 0 saturated carbocycles. The molecule has 52 heavy (non-hydrogen) atoms. The van der Waals surface area contributed by atoms with Crippen molar-refractivity contribution in [3.05, 3.63) is 0 Å². The molecule has 0 radical (unpaired) electrons. The summed E-state index contributed by atoms with van der Waals surface area (Å²) in [5.74, 6) is 0. The van der Waals surface area contributed by atoms with Gasteiger partial charge in [0.25, 0.3) is 0 Å². The Bertz CT molecular complexity index is 564. The zero-order valence-electron chi connectivity index (χ0n) is 31.4. The molecule has 0 aromatic carbocycles. The molecule has 0 amide bonds. The SMILES string of the molecule is COCCCOOCCCOOCCCOOCCCOOCCCOOCCCOOCCCOOCCCOOCCCOOCCCOC. The van der Waals surface area contributed by atoms with Crippen LogP contribution in [0.3, 0.4) is 0 Å². The maximum atomic E-state index is 5.08. The Morgan fingerprint density at radius 1 is 0.154 bits per heavy atom. The Kier molecular flexibility index (Phi) is 49.4. The predicted octanol–water partition coefficient (Wildman–Crippen LogP) is 3.71. The molecule has 0 N–H and O–H groups in total. The lowest BCUT2D eigenvalue weighted by molar-refractivity contribution is -0.332. The summed E-state index contributed by atoms with van der Waals surface area (Å²) in [6.45, 7) is 8.53. The molecular weight excluding hydrogens is 704 g/mol. The van der Waals surface area contributed by atoms with Crippen molar-refractivity contribution in [3.63, 3.8) is 0 Å². The van der Waals surface area contributed by atoms with Crippen molar-refractivity contribution in [1.29, 1.82) is 0 Å². The molecule has 0 saturated heterocycles. The van der Waals surface area contributed by atoms with Crippen LogP contribution in [0.1, 0.15) is 64.2 Å². The molecule has 0 fully saturated rings. The minimum absolute atomic E-state index is 0.372. The second-order valence-corrected chi connectivity index (χ2v) is 10.3. The van der Waals surface area contributed by atoms with E-state index in [1.807, 2.05) is 0 Å². The van der Waals surface area contributed by atoms with Gasteiger partial charge in [0.1, 0.15) is 0 Å². The highest BCUT2D eigenvalue weighted by Gasteiger charge is 1.99. The van der Waals surface area contributed by atoms with Crippen LogP contribution in [0, 0.1) is 0 Å². The third-order valence-electron chi connectivity index (χ3n) is 5.54. The Morgan fingerprint density at radius 3 is 0.346 bits per heavy atom. The van der Waals surface area contributed by atoms with E-state index in [0.29, 0.717) is 184 Å². The average Bonchev–Trinajstić information content (AvgIpc) is 3.16. The highest BCUT2D eigenvalue weighted by atomic mass is 17.2. The van der Waals surface area contributed by atoms with Gasteiger partial charge in [-0.2, -0.15) is 0 Å². The molecule has 0 bridgehead atoms. The van der Waals surface area contributed by atoms with Crippen LogP contribution in [-0.4, -0.2) is 146 Å². The van der Waals surface area contributed by atoms with Crippen molar-refractivity contribution in [1.82, 2.24) is 0 Å². The molecule has 314 valence electrons. The highest BCUT2D eigenvalue weighted by molar-refractivity contribution is 4.35. The summed E-state index contributed by atoms with van der Waals surface area (Å²) in [5.41, 5.74) is 0. The average molecular weight is 771 g/mol. The summed E-state index contributed by atoms with van der Waals surface area (Å²) >= 11 is 0. The van der Waals surface area contributed by atoms with Gasteiger partial charge < -0.3 is 9.47 Å². The first-order valence-corrected chi connectivity index (χ1v) is 18.1. The van der Waals surface area contributed by atoms with Crippen molar-refractivity contribution >= 4 is 0 Å². The Hall–Kier alpha value is -0.800. The molecule has 0 aromatic rings. The molecule has 0 aliphatic carbocycles. The topological polar surface area (TPSA) is 185 Å². The summed E-state index contributed by atoms with van der Waals surface area (Å²) < 4.78 is 9.82. The summed E-state index contributed by atoms with van der Waals surface area (Å²) in [7, 11) is 3.29. The van der Waals surface area contributed by atoms with Crippen LogP contribution < -0.4 is 0 Å². The fourth-order valence-corrected chi connectivity index (χ4v) is 3.00. The molecule has 0 aliphatic rings. The quantitative estimate of drug-likeness (QED) is 0.0495. The molecule has 0 unspecified atom stereocenters. The fourth-order valence-electron chi connectivity index (χ4n) is 3.00. The molecule has 0 aliphatic heterocycles. The maximum absolute atomic E-state index is 5.08. The monoisotopic (exact) mass is 770 g/mol. The third kappa shape index (κ3) is 49.2. The standard InChI is InChI=1S/C32H66O20/c1-33-13-3-15-35-37-17-5-19-39-41-21-7-23-43-45-25-9-27-47-49-29-11-31-51-52-32-12-30-50-48-28-10-26-46-44-24-8-22-42-40-20-6-18-38-36-16-4-14-34-2/h3-32H2,1-2H3. The van der Waals surface area contributed by atoms with E-state index in [1.54, 1.807) is 14.2 Å². The Labute approximate surface area is 308 Å². The molecule has 0 spiro atoms. The largest absolute Gasteiger partial charge is 0.385 e. The lowest BCUT2D eigenvalue weighted by Gasteiger charge is -2.07. The van der Waals surface area contributed by atoms with Crippen LogP contribution in [0.5, 0.6) is 0 Å². The van der Waals surface area contributed by atoms with E-state index in [4.69, 9.17) is 97.5 Å².